The fourth-order valence-corrected chi connectivity index (χ4v) is 1.38. The topological polar surface area (TPSA) is 59.0 Å². The van der Waals surface area contributed by atoms with E-state index in [0.29, 0.717) is 11.7 Å². The van der Waals surface area contributed by atoms with Gasteiger partial charge in [0.15, 0.2) is 5.11 Å². The number of rotatable bonds is 1. The zero-order valence-electron chi connectivity index (χ0n) is 6.73. The SMILES string of the molecule is O=C1NC(=S)NCC1n1cccn1. The summed E-state index contributed by atoms with van der Waals surface area (Å²) in [5, 5.41) is 9.80. The number of carbonyl (C=O) groups is 1. The normalized spacial score (nSPS) is 22.3. The van der Waals surface area contributed by atoms with E-state index in [4.69, 9.17) is 12.2 Å². The van der Waals surface area contributed by atoms with Crippen molar-refractivity contribution in [3.8, 4) is 0 Å². The van der Waals surface area contributed by atoms with Crippen LogP contribution in [0.3, 0.4) is 0 Å². The van der Waals surface area contributed by atoms with E-state index >= 15 is 0 Å². The lowest BCUT2D eigenvalue weighted by Crippen LogP contribution is -2.52. The summed E-state index contributed by atoms with van der Waals surface area (Å²) in [5.41, 5.74) is 0. The van der Waals surface area contributed by atoms with E-state index in [9.17, 15) is 4.79 Å². The molecule has 2 N–H and O–H groups in total. The maximum Gasteiger partial charge on any atom is 0.252 e. The van der Waals surface area contributed by atoms with E-state index in [1.165, 1.54) is 0 Å². The van der Waals surface area contributed by atoms with Crippen LogP contribution in [0.25, 0.3) is 0 Å². The van der Waals surface area contributed by atoms with Gasteiger partial charge in [-0.15, -0.1) is 0 Å². The summed E-state index contributed by atoms with van der Waals surface area (Å²) in [6.07, 6.45) is 3.39. The van der Waals surface area contributed by atoms with E-state index in [0.717, 1.165) is 0 Å². The minimum Gasteiger partial charge on any atom is -0.360 e. The van der Waals surface area contributed by atoms with Crippen LogP contribution < -0.4 is 10.6 Å². The smallest absolute Gasteiger partial charge is 0.252 e. The third-order valence-electron chi connectivity index (χ3n) is 1.84. The van der Waals surface area contributed by atoms with Gasteiger partial charge in [0.1, 0.15) is 6.04 Å². The number of hydrogen-bond acceptors (Lipinski definition) is 3. The highest BCUT2D eigenvalue weighted by molar-refractivity contribution is 7.80. The van der Waals surface area contributed by atoms with Crippen molar-refractivity contribution in [2.24, 2.45) is 0 Å². The highest BCUT2D eigenvalue weighted by Crippen LogP contribution is 2.06. The standard InChI is InChI=1S/C7H8N4OS/c12-6-5(4-8-7(13)10-6)11-3-1-2-9-11/h1-3,5H,4H2,(H2,8,10,12,13). The highest BCUT2D eigenvalue weighted by Gasteiger charge is 2.25. The Morgan fingerprint density at radius 3 is 3.15 bits per heavy atom. The predicted octanol–water partition coefficient (Wildman–Crippen LogP) is -0.572. The van der Waals surface area contributed by atoms with Crippen LogP contribution in [0.1, 0.15) is 6.04 Å². The Balaban J connectivity index is 2.17. The summed E-state index contributed by atoms with van der Waals surface area (Å²) in [5.74, 6) is -0.118. The van der Waals surface area contributed by atoms with Crippen molar-refractivity contribution >= 4 is 23.2 Å². The van der Waals surface area contributed by atoms with Gasteiger partial charge < -0.3 is 10.6 Å². The summed E-state index contributed by atoms with van der Waals surface area (Å²) in [6, 6.07) is 1.47. The molecule has 0 aliphatic carbocycles. The average molecular weight is 196 g/mol. The van der Waals surface area contributed by atoms with Gasteiger partial charge in [-0.25, -0.2) is 0 Å². The van der Waals surface area contributed by atoms with Gasteiger partial charge in [-0.2, -0.15) is 5.10 Å². The van der Waals surface area contributed by atoms with Crippen LogP contribution in [0.15, 0.2) is 18.5 Å². The quantitative estimate of drug-likeness (QED) is 0.590. The van der Waals surface area contributed by atoms with Gasteiger partial charge in [-0.05, 0) is 18.3 Å². The number of aromatic nitrogens is 2. The van der Waals surface area contributed by atoms with Crippen LogP contribution in [-0.2, 0) is 4.79 Å². The molecule has 1 aromatic rings. The molecule has 1 amide bonds. The van der Waals surface area contributed by atoms with Gasteiger partial charge >= 0.3 is 0 Å². The molecule has 0 aromatic carbocycles. The largest absolute Gasteiger partial charge is 0.360 e. The Morgan fingerprint density at radius 1 is 1.69 bits per heavy atom. The van der Waals surface area contributed by atoms with Crippen molar-refractivity contribution in [2.75, 3.05) is 6.54 Å². The molecule has 0 radical (unpaired) electrons. The van der Waals surface area contributed by atoms with Crippen LogP contribution in [0.4, 0.5) is 0 Å². The summed E-state index contributed by atoms with van der Waals surface area (Å²) in [4.78, 5) is 11.4. The predicted molar refractivity (Wildman–Crippen MR) is 50.0 cm³/mol. The first-order chi connectivity index (χ1) is 6.27. The fraction of sp³-hybridized carbons (Fsp3) is 0.286. The number of nitrogens with one attached hydrogen (secondary N) is 2. The lowest BCUT2D eigenvalue weighted by molar-refractivity contribution is -0.123. The molecule has 1 saturated heterocycles. The molecule has 0 spiro atoms. The molecule has 1 unspecified atom stereocenters. The Hall–Kier alpha value is -1.43. The molecule has 0 bridgehead atoms. The Labute approximate surface area is 80.1 Å². The van der Waals surface area contributed by atoms with Gasteiger partial charge in [-0.3, -0.25) is 9.48 Å². The van der Waals surface area contributed by atoms with Crippen LogP contribution in [0, 0.1) is 0 Å². The fourth-order valence-electron chi connectivity index (χ4n) is 1.20. The van der Waals surface area contributed by atoms with Crippen molar-refractivity contribution in [2.45, 2.75) is 6.04 Å². The maximum absolute atomic E-state index is 11.4. The molecule has 1 aromatic heterocycles. The number of hydrogen-bond donors (Lipinski definition) is 2. The molecule has 1 atom stereocenters. The average Bonchev–Trinajstić information content (AvgIpc) is 2.56. The molecular formula is C7H8N4OS. The lowest BCUT2D eigenvalue weighted by atomic mass is 10.2. The molecule has 2 rings (SSSR count). The lowest BCUT2D eigenvalue weighted by Gasteiger charge is -2.23. The molecule has 6 heteroatoms. The third-order valence-corrected chi connectivity index (χ3v) is 2.09. The van der Waals surface area contributed by atoms with Gasteiger partial charge in [0.05, 0.1) is 0 Å². The van der Waals surface area contributed by atoms with Crippen molar-refractivity contribution in [1.82, 2.24) is 20.4 Å². The zero-order valence-corrected chi connectivity index (χ0v) is 7.54. The Bertz CT molecular complexity index is 334. The first-order valence-electron chi connectivity index (χ1n) is 3.85. The number of carbonyl (C=O) groups excluding carboxylic acids is 1. The molecule has 1 aliphatic heterocycles. The molecular weight excluding hydrogens is 188 g/mol. The first-order valence-corrected chi connectivity index (χ1v) is 4.26. The van der Waals surface area contributed by atoms with E-state index in [1.807, 2.05) is 0 Å². The summed E-state index contributed by atoms with van der Waals surface area (Å²) in [6.45, 7) is 0.492. The molecule has 0 saturated carbocycles. The maximum atomic E-state index is 11.4. The van der Waals surface area contributed by atoms with Crippen LogP contribution in [0.5, 0.6) is 0 Å². The zero-order chi connectivity index (χ0) is 9.26. The molecule has 2 heterocycles. The van der Waals surface area contributed by atoms with Crippen LogP contribution in [0.2, 0.25) is 0 Å². The Kier molecular flexibility index (Phi) is 1.97. The van der Waals surface area contributed by atoms with E-state index < -0.39 is 0 Å². The summed E-state index contributed by atoms with van der Waals surface area (Å²) >= 11 is 4.79. The van der Waals surface area contributed by atoms with E-state index in [2.05, 4.69) is 15.7 Å². The van der Waals surface area contributed by atoms with E-state index in [1.54, 1.807) is 23.1 Å². The molecule has 1 aliphatic rings. The van der Waals surface area contributed by atoms with Gasteiger partial charge in [-0.1, -0.05) is 0 Å². The van der Waals surface area contributed by atoms with Gasteiger partial charge in [0.25, 0.3) is 5.91 Å². The van der Waals surface area contributed by atoms with Crippen molar-refractivity contribution < 1.29 is 4.79 Å². The highest BCUT2D eigenvalue weighted by atomic mass is 32.1. The molecule has 5 nitrogen and oxygen atoms in total. The third kappa shape index (κ3) is 1.52. The van der Waals surface area contributed by atoms with Crippen LogP contribution in [-0.4, -0.2) is 27.3 Å². The molecule has 68 valence electrons. The van der Waals surface area contributed by atoms with Crippen LogP contribution >= 0.6 is 12.2 Å². The summed E-state index contributed by atoms with van der Waals surface area (Å²) in [7, 11) is 0. The second-order valence-electron chi connectivity index (χ2n) is 2.70. The minimum absolute atomic E-state index is 0.118. The number of amides is 1. The summed E-state index contributed by atoms with van der Waals surface area (Å²) < 4.78 is 1.60. The van der Waals surface area contributed by atoms with Crippen molar-refractivity contribution in [3.05, 3.63) is 18.5 Å². The minimum atomic E-state index is -0.304. The Morgan fingerprint density at radius 2 is 2.54 bits per heavy atom. The molecule has 1 fully saturated rings. The molecule has 13 heavy (non-hydrogen) atoms. The van der Waals surface area contributed by atoms with Crippen molar-refractivity contribution in [3.63, 3.8) is 0 Å². The second kappa shape index (κ2) is 3.14. The van der Waals surface area contributed by atoms with Gasteiger partial charge in [0, 0.05) is 18.9 Å². The second-order valence-corrected chi connectivity index (χ2v) is 3.11. The number of thiocarbonyl (C=S) groups is 1. The van der Waals surface area contributed by atoms with Crippen molar-refractivity contribution in [1.29, 1.82) is 0 Å². The monoisotopic (exact) mass is 196 g/mol. The first kappa shape index (κ1) is 8.18. The van der Waals surface area contributed by atoms with Gasteiger partial charge in [0.2, 0.25) is 0 Å². The number of nitrogens with zero attached hydrogens (tertiary/aromatic N) is 2. The van der Waals surface area contributed by atoms with E-state index in [-0.39, 0.29) is 11.9 Å².